The van der Waals surface area contributed by atoms with E-state index in [-0.39, 0.29) is 5.97 Å². The molecule has 0 aliphatic rings. The molecule has 2 aromatic rings. The molecule has 4 nitrogen and oxygen atoms in total. The minimum atomic E-state index is -0.347. The van der Waals surface area contributed by atoms with Gasteiger partial charge in [0.05, 0.1) is 6.61 Å². The first-order valence-electron chi connectivity index (χ1n) is 7.47. The number of benzene rings is 2. The van der Waals surface area contributed by atoms with Gasteiger partial charge in [0.2, 0.25) is 0 Å². The molecule has 0 N–H and O–H groups in total. The summed E-state index contributed by atoms with van der Waals surface area (Å²) in [5.41, 5.74) is 0.799. The van der Waals surface area contributed by atoms with Crippen molar-refractivity contribution in [3.05, 3.63) is 66.2 Å². The Morgan fingerprint density at radius 1 is 0.957 bits per heavy atom. The molecule has 120 valence electrons. The van der Waals surface area contributed by atoms with E-state index in [0.717, 1.165) is 17.1 Å². The molecule has 4 heteroatoms. The molecule has 0 spiro atoms. The normalized spacial score (nSPS) is 11.0. The zero-order valence-electron chi connectivity index (χ0n) is 13.3. The van der Waals surface area contributed by atoms with Crippen LogP contribution in [0.3, 0.4) is 0 Å². The highest BCUT2D eigenvalue weighted by Gasteiger charge is 2.01. The highest BCUT2D eigenvalue weighted by molar-refractivity contribution is 5.82. The van der Waals surface area contributed by atoms with Gasteiger partial charge in [0, 0.05) is 6.08 Å². The van der Waals surface area contributed by atoms with Crippen molar-refractivity contribution in [1.82, 2.24) is 0 Å². The Hall–Kier alpha value is -2.75. The number of carbonyl (C=O) groups is 1. The van der Waals surface area contributed by atoms with E-state index < -0.39 is 0 Å². The first kappa shape index (κ1) is 16.6. The number of hydrogen-bond acceptors (Lipinski definition) is 4. The Bertz CT molecular complexity index is 645. The fraction of sp³-hybridized carbons (Fsp3) is 0.211. The molecule has 0 saturated heterocycles. The molecule has 0 atom stereocenters. The minimum Gasteiger partial charge on any atom is -0.489 e. The number of carbonyl (C=O) groups excluding carboxylic acids is 1. The van der Waals surface area contributed by atoms with E-state index in [9.17, 15) is 4.79 Å². The van der Waals surface area contributed by atoms with Crippen LogP contribution in [-0.2, 0) is 9.53 Å². The summed E-state index contributed by atoms with van der Waals surface area (Å²) < 4.78 is 16.2. The van der Waals surface area contributed by atoms with Gasteiger partial charge in [0.1, 0.15) is 23.9 Å². The molecule has 0 aliphatic carbocycles. The number of ether oxygens (including phenoxy) is 3. The zero-order valence-corrected chi connectivity index (χ0v) is 13.3. The maximum Gasteiger partial charge on any atom is 0.330 e. The van der Waals surface area contributed by atoms with Crippen LogP contribution >= 0.6 is 0 Å². The molecule has 0 aromatic heterocycles. The number of para-hydroxylation sites is 1. The lowest BCUT2D eigenvalue weighted by atomic mass is 10.3. The summed E-state index contributed by atoms with van der Waals surface area (Å²) in [5.74, 6) is 1.89. The Kier molecular flexibility index (Phi) is 6.24. The fourth-order valence-electron chi connectivity index (χ4n) is 1.85. The summed E-state index contributed by atoms with van der Waals surface area (Å²) >= 11 is 0. The van der Waals surface area contributed by atoms with Crippen LogP contribution in [0.15, 0.2) is 66.2 Å². The summed E-state index contributed by atoms with van der Waals surface area (Å²) in [5, 5.41) is 0. The number of esters is 1. The molecule has 0 aliphatic heterocycles. The Morgan fingerprint density at radius 3 is 2.22 bits per heavy atom. The lowest BCUT2D eigenvalue weighted by Gasteiger charge is -2.08. The van der Waals surface area contributed by atoms with E-state index in [1.165, 1.54) is 6.08 Å². The monoisotopic (exact) mass is 312 g/mol. The molecule has 2 aromatic carbocycles. The average Bonchev–Trinajstić information content (AvgIpc) is 2.55. The van der Waals surface area contributed by atoms with Gasteiger partial charge in [-0.15, -0.1) is 0 Å². The fourth-order valence-corrected chi connectivity index (χ4v) is 1.85. The standard InChI is InChI=1S/C19H20O4/c1-3-21-19(20)13-15(2)14-22-16-9-11-18(12-10-16)23-17-7-5-4-6-8-17/h4-13H,3,14H2,1-2H3/b15-13+. The van der Waals surface area contributed by atoms with Gasteiger partial charge in [0.15, 0.2) is 0 Å². The van der Waals surface area contributed by atoms with Crippen molar-refractivity contribution in [2.75, 3.05) is 13.2 Å². The molecule has 0 amide bonds. The summed E-state index contributed by atoms with van der Waals surface area (Å²) in [6, 6.07) is 16.9. The average molecular weight is 312 g/mol. The maximum absolute atomic E-state index is 11.3. The van der Waals surface area contributed by atoms with Crippen molar-refractivity contribution in [3.63, 3.8) is 0 Å². The molecule has 0 saturated carbocycles. The SMILES string of the molecule is CCOC(=O)/C=C(\C)COc1ccc(Oc2ccccc2)cc1. The van der Waals surface area contributed by atoms with Gasteiger partial charge < -0.3 is 14.2 Å². The smallest absolute Gasteiger partial charge is 0.330 e. The van der Waals surface area contributed by atoms with Crippen molar-refractivity contribution < 1.29 is 19.0 Å². The van der Waals surface area contributed by atoms with Gasteiger partial charge in [-0.1, -0.05) is 18.2 Å². The molecule has 2 rings (SSSR count). The van der Waals surface area contributed by atoms with E-state index in [0.29, 0.717) is 19.0 Å². The van der Waals surface area contributed by atoms with E-state index >= 15 is 0 Å². The van der Waals surface area contributed by atoms with Gasteiger partial charge in [-0.25, -0.2) is 4.79 Å². The van der Waals surface area contributed by atoms with Crippen molar-refractivity contribution in [2.45, 2.75) is 13.8 Å². The van der Waals surface area contributed by atoms with Crippen molar-refractivity contribution in [1.29, 1.82) is 0 Å². The lowest BCUT2D eigenvalue weighted by Crippen LogP contribution is -2.04. The maximum atomic E-state index is 11.3. The molecule has 0 fully saturated rings. The highest BCUT2D eigenvalue weighted by Crippen LogP contribution is 2.23. The third kappa shape index (κ3) is 5.87. The van der Waals surface area contributed by atoms with Crippen LogP contribution in [0, 0.1) is 0 Å². The van der Waals surface area contributed by atoms with Crippen LogP contribution in [0.4, 0.5) is 0 Å². The van der Waals surface area contributed by atoms with Gasteiger partial charge >= 0.3 is 5.97 Å². The van der Waals surface area contributed by atoms with E-state index in [1.807, 2.05) is 61.5 Å². The first-order chi connectivity index (χ1) is 11.2. The second-order valence-electron chi connectivity index (χ2n) is 4.92. The predicted octanol–water partition coefficient (Wildman–Crippen LogP) is 4.37. The second kappa shape index (κ2) is 8.63. The Labute approximate surface area is 136 Å². The van der Waals surface area contributed by atoms with Gasteiger partial charge in [-0.2, -0.15) is 0 Å². The Balaban J connectivity index is 1.86. The van der Waals surface area contributed by atoms with Crippen LogP contribution in [-0.4, -0.2) is 19.2 Å². The third-order valence-electron chi connectivity index (χ3n) is 2.92. The van der Waals surface area contributed by atoms with Crippen LogP contribution < -0.4 is 9.47 Å². The molecule has 0 bridgehead atoms. The summed E-state index contributed by atoms with van der Waals surface area (Å²) in [6.45, 7) is 4.30. The quantitative estimate of drug-likeness (QED) is 0.562. The van der Waals surface area contributed by atoms with Gasteiger partial charge in [0.25, 0.3) is 0 Å². The van der Waals surface area contributed by atoms with Crippen LogP contribution in [0.2, 0.25) is 0 Å². The van der Waals surface area contributed by atoms with Crippen molar-refractivity contribution in [3.8, 4) is 17.2 Å². The lowest BCUT2D eigenvalue weighted by molar-refractivity contribution is -0.137. The van der Waals surface area contributed by atoms with Gasteiger partial charge in [-0.05, 0) is 55.8 Å². The summed E-state index contributed by atoms with van der Waals surface area (Å²) in [6.07, 6.45) is 1.44. The highest BCUT2D eigenvalue weighted by atomic mass is 16.5. The Morgan fingerprint density at radius 2 is 1.57 bits per heavy atom. The molecular weight excluding hydrogens is 292 g/mol. The zero-order chi connectivity index (χ0) is 16.5. The van der Waals surface area contributed by atoms with Crippen molar-refractivity contribution >= 4 is 5.97 Å². The van der Waals surface area contributed by atoms with Crippen LogP contribution in [0.5, 0.6) is 17.2 Å². The number of rotatable bonds is 7. The third-order valence-corrected chi connectivity index (χ3v) is 2.92. The van der Waals surface area contributed by atoms with Crippen LogP contribution in [0.25, 0.3) is 0 Å². The largest absolute Gasteiger partial charge is 0.489 e. The molecule has 0 heterocycles. The van der Waals surface area contributed by atoms with E-state index in [2.05, 4.69) is 0 Å². The summed E-state index contributed by atoms with van der Waals surface area (Å²) in [4.78, 5) is 11.3. The molecular formula is C19H20O4. The van der Waals surface area contributed by atoms with E-state index in [1.54, 1.807) is 6.92 Å². The first-order valence-corrected chi connectivity index (χ1v) is 7.47. The van der Waals surface area contributed by atoms with Crippen molar-refractivity contribution in [2.24, 2.45) is 0 Å². The molecule has 23 heavy (non-hydrogen) atoms. The summed E-state index contributed by atoms with van der Waals surface area (Å²) in [7, 11) is 0. The van der Waals surface area contributed by atoms with Gasteiger partial charge in [-0.3, -0.25) is 0 Å². The second-order valence-corrected chi connectivity index (χ2v) is 4.92. The minimum absolute atomic E-state index is 0.331. The van der Waals surface area contributed by atoms with E-state index in [4.69, 9.17) is 14.2 Å². The van der Waals surface area contributed by atoms with Crippen LogP contribution in [0.1, 0.15) is 13.8 Å². The predicted molar refractivity (Wildman–Crippen MR) is 88.8 cm³/mol. The topological polar surface area (TPSA) is 44.8 Å². The molecule has 0 radical (unpaired) electrons. The molecule has 0 unspecified atom stereocenters. The number of hydrogen-bond donors (Lipinski definition) is 0.